The Balaban J connectivity index is 3.22. The van der Waals surface area contributed by atoms with Gasteiger partial charge in [-0.25, -0.2) is 9.18 Å². The van der Waals surface area contributed by atoms with Gasteiger partial charge in [-0.15, -0.1) is 0 Å². The van der Waals surface area contributed by atoms with Crippen LogP contribution in [-0.2, 0) is 0 Å². The first-order valence-corrected chi connectivity index (χ1v) is 3.96. The van der Waals surface area contributed by atoms with Gasteiger partial charge < -0.3 is 9.84 Å². The third-order valence-electron chi connectivity index (χ3n) is 1.47. The first kappa shape index (κ1) is 11.6. The van der Waals surface area contributed by atoms with Crippen LogP contribution < -0.4 is 4.74 Å². The van der Waals surface area contributed by atoms with E-state index in [0.29, 0.717) is 12.1 Å². The van der Waals surface area contributed by atoms with Gasteiger partial charge in [-0.1, -0.05) is 11.6 Å². The van der Waals surface area contributed by atoms with E-state index in [2.05, 4.69) is 4.74 Å². The van der Waals surface area contributed by atoms with Crippen molar-refractivity contribution in [1.82, 2.24) is 0 Å². The molecule has 1 N–H and O–H groups in total. The molecule has 1 rings (SSSR count). The molecule has 82 valence electrons. The van der Waals surface area contributed by atoms with Gasteiger partial charge in [-0.2, -0.15) is 8.78 Å². The molecule has 0 saturated carbocycles. The first-order valence-electron chi connectivity index (χ1n) is 3.59. The number of carbonyl (C=O) groups is 1. The minimum Gasteiger partial charge on any atom is -0.478 e. The van der Waals surface area contributed by atoms with Crippen LogP contribution >= 0.6 is 11.6 Å². The second-order valence-electron chi connectivity index (χ2n) is 2.45. The second-order valence-corrected chi connectivity index (χ2v) is 2.85. The molecule has 0 fully saturated rings. The number of ether oxygens (including phenoxy) is 1. The van der Waals surface area contributed by atoms with E-state index in [1.807, 2.05) is 0 Å². The number of halogens is 4. The van der Waals surface area contributed by atoms with Crippen molar-refractivity contribution >= 4 is 17.6 Å². The molecular formula is C8H4ClF3O3. The molecule has 0 aliphatic carbocycles. The number of carboxylic acids is 1. The molecule has 0 amide bonds. The molecule has 1 aromatic rings. The van der Waals surface area contributed by atoms with Crippen molar-refractivity contribution in [2.24, 2.45) is 0 Å². The van der Waals surface area contributed by atoms with Gasteiger partial charge in [0.25, 0.3) is 0 Å². The molecule has 0 atom stereocenters. The van der Waals surface area contributed by atoms with E-state index in [1.54, 1.807) is 0 Å². The number of rotatable bonds is 3. The van der Waals surface area contributed by atoms with Crippen LogP contribution in [0.2, 0.25) is 5.02 Å². The lowest BCUT2D eigenvalue weighted by atomic mass is 10.2. The van der Waals surface area contributed by atoms with E-state index in [9.17, 15) is 18.0 Å². The van der Waals surface area contributed by atoms with Crippen molar-refractivity contribution in [2.75, 3.05) is 0 Å². The Hall–Kier alpha value is -1.43. The Morgan fingerprint density at radius 2 is 2.07 bits per heavy atom. The van der Waals surface area contributed by atoms with Crippen molar-refractivity contribution < 1.29 is 27.8 Å². The number of carboxylic acid groups (broad SMARTS) is 1. The Morgan fingerprint density at radius 1 is 1.47 bits per heavy atom. The molecule has 0 aromatic heterocycles. The van der Waals surface area contributed by atoms with E-state index in [1.165, 1.54) is 0 Å². The molecule has 0 bridgehead atoms. The molecule has 0 aliphatic rings. The highest BCUT2D eigenvalue weighted by atomic mass is 35.5. The summed E-state index contributed by atoms with van der Waals surface area (Å²) >= 11 is 5.28. The predicted octanol–water partition coefficient (Wildman–Crippen LogP) is 2.78. The molecule has 0 heterocycles. The Bertz CT molecular complexity index is 395. The largest absolute Gasteiger partial charge is 0.478 e. The van der Waals surface area contributed by atoms with Gasteiger partial charge in [-0.05, 0) is 6.07 Å². The summed E-state index contributed by atoms with van der Waals surface area (Å²) in [6.45, 7) is -3.20. The summed E-state index contributed by atoms with van der Waals surface area (Å²) < 4.78 is 40.4. The Morgan fingerprint density at radius 3 is 2.53 bits per heavy atom. The van der Waals surface area contributed by atoms with Crippen LogP contribution in [-0.4, -0.2) is 17.7 Å². The van der Waals surface area contributed by atoms with Crippen LogP contribution in [0, 0.1) is 5.82 Å². The summed E-state index contributed by atoms with van der Waals surface area (Å²) in [6.07, 6.45) is 0. The van der Waals surface area contributed by atoms with Crippen LogP contribution in [0.5, 0.6) is 5.75 Å². The van der Waals surface area contributed by atoms with Crippen molar-refractivity contribution in [3.63, 3.8) is 0 Å². The van der Waals surface area contributed by atoms with Gasteiger partial charge in [0.2, 0.25) is 0 Å². The quantitative estimate of drug-likeness (QED) is 0.884. The van der Waals surface area contributed by atoms with E-state index >= 15 is 0 Å². The summed E-state index contributed by atoms with van der Waals surface area (Å²) in [4.78, 5) is 10.5. The third-order valence-corrected chi connectivity index (χ3v) is 1.76. The lowest BCUT2D eigenvalue weighted by Crippen LogP contribution is -2.08. The predicted molar refractivity (Wildman–Crippen MR) is 45.0 cm³/mol. The first-order chi connectivity index (χ1) is 6.91. The SMILES string of the molecule is O=C(O)c1cc(F)c(Cl)cc1OC(F)F. The van der Waals surface area contributed by atoms with E-state index < -0.39 is 34.7 Å². The maximum atomic E-state index is 12.8. The zero-order valence-electron chi connectivity index (χ0n) is 7.01. The molecule has 0 saturated heterocycles. The molecule has 0 radical (unpaired) electrons. The molecular weight excluding hydrogens is 237 g/mol. The fourth-order valence-electron chi connectivity index (χ4n) is 0.889. The number of aromatic carboxylic acids is 1. The highest BCUT2D eigenvalue weighted by Gasteiger charge is 2.18. The number of alkyl halides is 2. The van der Waals surface area contributed by atoms with E-state index in [4.69, 9.17) is 16.7 Å². The molecule has 0 spiro atoms. The van der Waals surface area contributed by atoms with Crippen LogP contribution in [0.15, 0.2) is 12.1 Å². The third kappa shape index (κ3) is 2.76. The van der Waals surface area contributed by atoms with Gasteiger partial charge in [-0.3, -0.25) is 0 Å². The van der Waals surface area contributed by atoms with Crippen molar-refractivity contribution in [2.45, 2.75) is 6.61 Å². The van der Waals surface area contributed by atoms with Crippen LogP contribution in [0.3, 0.4) is 0 Å². The van der Waals surface area contributed by atoms with Gasteiger partial charge >= 0.3 is 12.6 Å². The fraction of sp³-hybridized carbons (Fsp3) is 0.125. The van der Waals surface area contributed by atoms with Crippen molar-refractivity contribution in [3.8, 4) is 5.75 Å². The fourth-order valence-corrected chi connectivity index (χ4v) is 1.04. The molecule has 3 nitrogen and oxygen atoms in total. The Kier molecular flexibility index (Phi) is 3.41. The van der Waals surface area contributed by atoms with Gasteiger partial charge in [0.15, 0.2) is 0 Å². The second kappa shape index (κ2) is 4.39. The number of benzene rings is 1. The summed E-state index contributed by atoms with van der Waals surface area (Å²) in [7, 11) is 0. The number of hydrogen-bond acceptors (Lipinski definition) is 2. The maximum Gasteiger partial charge on any atom is 0.387 e. The minimum absolute atomic E-state index is 0.490. The molecule has 7 heteroatoms. The topological polar surface area (TPSA) is 46.5 Å². The zero-order chi connectivity index (χ0) is 11.6. The van der Waals surface area contributed by atoms with Gasteiger partial charge in [0, 0.05) is 6.07 Å². The molecule has 0 aliphatic heterocycles. The average Bonchev–Trinajstić information content (AvgIpc) is 2.09. The lowest BCUT2D eigenvalue weighted by molar-refractivity contribution is -0.0503. The summed E-state index contributed by atoms with van der Waals surface area (Å²) in [5.41, 5.74) is -0.711. The minimum atomic E-state index is -3.20. The van der Waals surface area contributed by atoms with Gasteiger partial charge in [0.1, 0.15) is 17.1 Å². The van der Waals surface area contributed by atoms with Crippen LogP contribution in [0.4, 0.5) is 13.2 Å². The zero-order valence-corrected chi connectivity index (χ0v) is 7.76. The highest BCUT2D eigenvalue weighted by Crippen LogP contribution is 2.27. The summed E-state index contributed by atoms with van der Waals surface area (Å²) in [6, 6.07) is 1.20. The molecule has 15 heavy (non-hydrogen) atoms. The van der Waals surface area contributed by atoms with Gasteiger partial charge in [0.05, 0.1) is 5.02 Å². The maximum absolute atomic E-state index is 12.8. The Labute approximate surface area is 87.0 Å². The lowest BCUT2D eigenvalue weighted by Gasteiger charge is -2.08. The monoisotopic (exact) mass is 240 g/mol. The average molecular weight is 241 g/mol. The van der Waals surface area contributed by atoms with E-state index in [-0.39, 0.29) is 0 Å². The molecule has 0 unspecified atom stereocenters. The summed E-state index contributed by atoms with van der Waals surface area (Å²) in [5, 5.41) is 8.07. The standard InChI is InChI=1S/C8H4ClF3O3/c9-4-2-6(15-8(11)12)3(7(13)14)1-5(4)10/h1-2,8H,(H,13,14). The smallest absolute Gasteiger partial charge is 0.387 e. The highest BCUT2D eigenvalue weighted by molar-refractivity contribution is 6.31. The van der Waals surface area contributed by atoms with Crippen molar-refractivity contribution in [1.29, 1.82) is 0 Å². The normalized spacial score (nSPS) is 10.5. The van der Waals surface area contributed by atoms with Crippen molar-refractivity contribution in [3.05, 3.63) is 28.5 Å². The van der Waals surface area contributed by atoms with Crippen LogP contribution in [0.25, 0.3) is 0 Å². The van der Waals surface area contributed by atoms with Crippen LogP contribution in [0.1, 0.15) is 10.4 Å². The van der Waals surface area contributed by atoms with E-state index in [0.717, 1.165) is 0 Å². The summed E-state index contributed by atoms with van der Waals surface area (Å²) in [5.74, 6) is -3.28. The molecule has 1 aromatic carbocycles. The number of hydrogen-bond donors (Lipinski definition) is 1.